The third kappa shape index (κ3) is 2.59. The molecule has 0 amide bonds. The third-order valence-electron chi connectivity index (χ3n) is 1.64. The maximum absolute atomic E-state index is 3.32. The Morgan fingerprint density at radius 2 is 2.08 bits per heavy atom. The Morgan fingerprint density at radius 3 is 2.50 bits per heavy atom. The fourth-order valence-electron chi connectivity index (χ4n) is 1.14. The quantitative estimate of drug-likeness (QED) is 0.724. The second-order valence-corrected chi connectivity index (χ2v) is 4.51. The van der Waals surface area contributed by atoms with Crippen LogP contribution in [0.3, 0.4) is 0 Å². The molecule has 0 saturated carbocycles. The van der Waals surface area contributed by atoms with Gasteiger partial charge in [-0.25, -0.2) is 5.43 Å². The summed E-state index contributed by atoms with van der Waals surface area (Å²) < 4.78 is 0. The highest BCUT2D eigenvalue weighted by Crippen LogP contribution is 2.21. The van der Waals surface area contributed by atoms with Crippen molar-refractivity contribution in [3.63, 3.8) is 0 Å². The number of nitrogens with zero attached hydrogens (tertiary/aromatic N) is 1. The molecule has 68 valence electrons. The van der Waals surface area contributed by atoms with Gasteiger partial charge in [0, 0.05) is 23.8 Å². The Hall–Kier alpha value is -0.380. The van der Waals surface area contributed by atoms with Crippen molar-refractivity contribution in [2.24, 2.45) is 0 Å². The van der Waals surface area contributed by atoms with Gasteiger partial charge in [-0.1, -0.05) is 0 Å². The van der Waals surface area contributed by atoms with Gasteiger partial charge in [-0.15, -0.1) is 11.3 Å². The Bertz CT molecular complexity index is 242. The molecule has 1 aromatic heterocycles. The minimum absolute atomic E-state index is 0.415. The van der Waals surface area contributed by atoms with E-state index >= 15 is 0 Å². The third-order valence-corrected chi connectivity index (χ3v) is 2.82. The van der Waals surface area contributed by atoms with Crippen molar-refractivity contribution in [3.05, 3.63) is 21.9 Å². The lowest BCUT2D eigenvalue weighted by molar-refractivity contribution is 0.254. The lowest BCUT2D eigenvalue weighted by Gasteiger charge is -2.17. The maximum atomic E-state index is 3.32. The van der Waals surface area contributed by atoms with Crippen molar-refractivity contribution in [1.29, 1.82) is 0 Å². The number of nitrogens with one attached hydrogen (secondary N) is 1. The van der Waals surface area contributed by atoms with Crippen molar-refractivity contribution < 1.29 is 0 Å². The Kier molecular flexibility index (Phi) is 3.26. The predicted octanol–water partition coefficient (Wildman–Crippen LogP) is 2.18. The second-order valence-electron chi connectivity index (χ2n) is 3.19. The number of hydrazine groups is 1. The van der Waals surface area contributed by atoms with Crippen LogP contribution >= 0.6 is 11.3 Å². The smallest absolute Gasteiger partial charge is 0.0529 e. The van der Waals surface area contributed by atoms with Crippen LogP contribution in [-0.4, -0.2) is 19.1 Å². The van der Waals surface area contributed by atoms with Crippen LogP contribution in [0.2, 0.25) is 0 Å². The summed E-state index contributed by atoms with van der Waals surface area (Å²) in [6.45, 7) is 4.31. The predicted molar refractivity (Wildman–Crippen MR) is 54.3 cm³/mol. The zero-order chi connectivity index (χ0) is 9.14. The summed E-state index contributed by atoms with van der Waals surface area (Å²) in [5.74, 6) is 0. The van der Waals surface area contributed by atoms with Crippen molar-refractivity contribution in [1.82, 2.24) is 10.4 Å². The van der Waals surface area contributed by atoms with Gasteiger partial charge in [0.2, 0.25) is 0 Å². The lowest BCUT2D eigenvalue weighted by atomic mass is 10.3. The molecular weight excluding hydrogens is 168 g/mol. The second kappa shape index (κ2) is 4.03. The first-order valence-electron chi connectivity index (χ1n) is 4.09. The molecule has 0 aromatic carbocycles. The van der Waals surface area contributed by atoms with Crippen molar-refractivity contribution >= 4 is 11.3 Å². The van der Waals surface area contributed by atoms with E-state index in [1.54, 1.807) is 0 Å². The van der Waals surface area contributed by atoms with Crippen molar-refractivity contribution in [3.8, 4) is 0 Å². The Labute approximate surface area is 78.2 Å². The summed E-state index contributed by atoms with van der Waals surface area (Å²) in [4.78, 5) is 2.76. The van der Waals surface area contributed by atoms with E-state index in [1.165, 1.54) is 9.75 Å². The molecule has 0 radical (unpaired) electrons. The minimum atomic E-state index is 0.415. The molecule has 1 aromatic rings. The van der Waals surface area contributed by atoms with Crippen LogP contribution in [0, 0.1) is 6.92 Å². The Morgan fingerprint density at radius 1 is 1.42 bits per heavy atom. The average Bonchev–Trinajstić information content (AvgIpc) is 2.34. The van der Waals surface area contributed by atoms with E-state index in [9.17, 15) is 0 Å². The van der Waals surface area contributed by atoms with E-state index in [1.807, 2.05) is 30.4 Å². The number of hydrogen-bond acceptors (Lipinski definition) is 3. The van der Waals surface area contributed by atoms with E-state index < -0.39 is 0 Å². The topological polar surface area (TPSA) is 15.3 Å². The number of thiophene rings is 1. The molecular formula is C9H16N2S. The van der Waals surface area contributed by atoms with Gasteiger partial charge in [-0.2, -0.15) is 0 Å². The molecule has 1 unspecified atom stereocenters. The summed E-state index contributed by atoms with van der Waals surface area (Å²) in [7, 11) is 4.02. The molecule has 0 fully saturated rings. The van der Waals surface area contributed by atoms with Gasteiger partial charge in [0.05, 0.1) is 6.04 Å². The zero-order valence-electron chi connectivity index (χ0n) is 8.09. The highest BCUT2D eigenvalue weighted by Gasteiger charge is 2.06. The van der Waals surface area contributed by atoms with Crippen LogP contribution in [0.25, 0.3) is 0 Å². The molecule has 1 heterocycles. The lowest BCUT2D eigenvalue weighted by Crippen LogP contribution is -2.32. The van der Waals surface area contributed by atoms with Gasteiger partial charge in [-0.3, -0.25) is 5.01 Å². The van der Waals surface area contributed by atoms with Crippen LogP contribution in [0.15, 0.2) is 12.1 Å². The monoisotopic (exact) mass is 184 g/mol. The van der Waals surface area contributed by atoms with E-state index in [0.29, 0.717) is 6.04 Å². The minimum Gasteiger partial charge on any atom is -0.250 e. The number of hydrogen-bond donors (Lipinski definition) is 1. The molecule has 0 spiro atoms. The first-order valence-corrected chi connectivity index (χ1v) is 4.91. The van der Waals surface area contributed by atoms with Crippen LogP contribution in [0.5, 0.6) is 0 Å². The summed E-state index contributed by atoms with van der Waals surface area (Å²) in [6, 6.07) is 4.76. The van der Waals surface area contributed by atoms with Gasteiger partial charge >= 0.3 is 0 Å². The first kappa shape index (κ1) is 9.71. The molecule has 0 aliphatic rings. The van der Waals surface area contributed by atoms with E-state index in [2.05, 4.69) is 31.4 Å². The van der Waals surface area contributed by atoms with Gasteiger partial charge in [0.15, 0.2) is 0 Å². The van der Waals surface area contributed by atoms with E-state index in [0.717, 1.165) is 0 Å². The molecule has 1 rings (SSSR count). The highest BCUT2D eigenvalue weighted by molar-refractivity contribution is 7.12. The van der Waals surface area contributed by atoms with Gasteiger partial charge in [-0.05, 0) is 26.0 Å². The standard InChI is InChI=1S/C9H16N2S/c1-7-5-6-9(12-7)8(2)10-11(3)4/h5-6,8,10H,1-4H3. The Balaban J connectivity index is 2.58. The SMILES string of the molecule is Cc1ccc(C(C)NN(C)C)s1. The maximum Gasteiger partial charge on any atom is 0.0529 e. The van der Waals surface area contributed by atoms with E-state index in [-0.39, 0.29) is 0 Å². The van der Waals surface area contributed by atoms with Gasteiger partial charge < -0.3 is 0 Å². The van der Waals surface area contributed by atoms with Crippen LogP contribution in [0.1, 0.15) is 22.7 Å². The van der Waals surface area contributed by atoms with Crippen LogP contribution < -0.4 is 5.43 Å². The normalized spacial score (nSPS) is 13.8. The van der Waals surface area contributed by atoms with Crippen molar-refractivity contribution in [2.75, 3.05) is 14.1 Å². The molecule has 3 heteroatoms. The van der Waals surface area contributed by atoms with Crippen LogP contribution in [-0.2, 0) is 0 Å². The molecule has 2 nitrogen and oxygen atoms in total. The molecule has 1 N–H and O–H groups in total. The summed E-state index contributed by atoms with van der Waals surface area (Å²) in [5, 5.41) is 1.99. The first-order chi connectivity index (χ1) is 5.59. The fraction of sp³-hybridized carbons (Fsp3) is 0.556. The summed E-state index contributed by atoms with van der Waals surface area (Å²) in [5.41, 5.74) is 3.32. The highest BCUT2D eigenvalue weighted by atomic mass is 32.1. The number of aryl methyl sites for hydroxylation is 1. The van der Waals surface area contributed by atoms with Gasteiger partial charge in [0.1, 0.15) is 0 Å². The van der Waals surface area contributed by atoms with E-state index in [4.69, 9.17) is 0 Å². The number of rotatable bonds is 3. The molecule has 12 heavy (non-hydrogen) atoms. The van der Waals surface area contributed by atoms with Crippen LogP contribution in [0.4, 0.5) is 0 Å². The average molecular weight is 184 g/mol. The molecule has 0 aliphatic carbocycles. The largest absolute Gasteiger partial charge is 0.250 e. The summed E-state index contributed by atoms with van der Waals surface area (Å²) >= 11 is 1.85. The molecule has 0 saturated heterocycles. The fourth-order valence-corrected chi connectivity index (χ4v) is 2.01. The summed E-state index contributed by atoms with van der Waals surface area (Å²) in [6.07, 6.45) is 0. The molecule has 0 aliphatic heterocycles. The van der Waals surface area contributed by atoms with Gasteiger partial charge in [0.25, 0.3) is 0 Å². The molecule has 0 bridgehead atoms. The zero-order valence-corrected chi connectivity index (χ0v) is 8.90. The van der Waals surface area contributed by atoms with Crippen molar-refractivity contribution in [2.45, 2.75) is 19.9 Å². The molecule has 1 atom stereocenters.